The first-order chi connectivity index (χ1) is 62.9. The maximum atomic E-state index is 5.49. The van der Waals surface area contributed by atoms with Crippen LogP contribution in [0.15, 0.2) is 405 Å². The van der Waals surface area contributed by atoms with Crippen LogP contribution in [0.4, 0.5) is 0 Å². The molecule has 0 fully saturated rings. The molecular formula is C117H67N5S5. The number of rotatable bonds is 11. The summed E-state index contributed by atoms with van der Waals surface area (Å²) in [5.41, 5.74) is 23.5. The van der Waals surface area contributed by atoms with Crippen molar-refractivity contribution >= 4 is 215 Å². The second-order valence-corrected chi connectivity index (χ2v) is 37.9. The number of para-hydroxylation sites is 2. The second kappa shape index (κ2) is 28.5. The van der Waals surface area contributed by atoms with E-state index < -0.39 is 0 Å². The van der Waals surface area contributed by atoms with Crippen molar-refractivity contribution in [3.63, 3.8) is 0 Å². The van der Waals surface area contributed by atoms with E-state index >= 15 is 0 Å². The van der Waals surface area contributed by atoms with Crippen LogP contribution < -0.4 is 0 Å². The van der Waals surface area contributed by atoms with Gasteiger partial charge in [0.05, 0.1) is 22.1 Å². The predicted octanol–water partition coefficient (Wildman–Crippen LogP) is 34.3. The van der Waals surface area contributed by atoms with Gasteiger partial charge in [0.25, 0.3) is 0 Å². The zero-order chi connectivity index (χ0) is 83.2. The summed E-state index contributed by atoms with van der Waals surface area (Å²) < 4.78 is 14.8. The molecule has 0 amide bonds. The van der Waals surface area contributed by atoms with Crippen molar-refractivity contribution in [2.45, 2.75) is 4.90 Å². The van der Waals surface area contributed by atoms with E-state index in [1.165, 1.54) is 159 Å². The Morgan fingerprint density at radius 1 is 0.181 bits per heavy atom. The Bertz CT molecular complexity index is 9380. The fourth-order valence-corrected chi connectivity index (χ4v) is 25.7. The minimum Gasteiger partial charge on any atom is -0.309 e. The molecule has 0 aliphatic rings. The van der Waals surface area contributed by atoms with Crippen LogP contribution in [0.1, 0.15) is 0 Å². The molecule has 0 radical (unpaired) electrons. The molecule has 0 unspecified atom stereocenters. The zero-order valence-corrected chi connectivity index (χ0v) is 72.1. The molecule has 5 nitrogen and oxygen atoms in total. The molecule has 0 N–H and O–H groups in total. The minimum atomic E-state index is 0.608. The molecule has 0 aliphatic heterocycles. The van der Waals surface area contributed by atoms with Crippen LogP contribution in [0.25, 0.3) is 269 Å². The summed E-state index contributed by atoms with van der Waals surface area (Å²) in [6.07, 6.45) is 0. The molecule has 0 bridgehead atoms. The Labute approximate surface area is 749 Å². The summed E-state index contributed by atoms with van der Waals surface area (Å²) in [6, 6.07) is 149. The van der Waals surface area contributed by atoms with E-state index in [0.717, 1.165) is 97.6 Å². The SMILES string of the molecule is Sc1ccccc1-c1cccc(-c2nc(-c3cccc4c3sc3ccccc34)nc(-c3cccc4c3sc3ccc(-c5ccc6c(c5)c5ccccc5n6-c5cc(-c6cccc7c6sc6ccccc67)cc(-n6c7ccccc7c7c(-c8ccc(-c9cccc(-c%10ccc%11c%12ccccc%12c%12ccccc%12c%11c%10)c9)c9sc%10ccccc%10c89)cccc76)c5)cc34)n2)c1. The highest BCUT2D eigenvalue weighted by molar-refractivity contribution is 7.80. The first kappa shape index (κ1) is 72.5. The van der Waals surface area contributed by atoms with Crippen LogP contribution >= 0.6 is 58.0 Å². The number of nitrogens with zero attached hydrogens (tertiary/aromatic N) is 5. The molecule has 0 spiro atoms. The highest BCUT2D eigenvalue weighted by atomic mass is 32.1. The van der Waals surface area contributed by atoms with Gasteiger partial charge >= 0.3 is 0 Å². The molecule has 0 saturated heterocycles. The van der Waals surface area contributed by atoms with Gasteiger partial charge in [-0.3, -0.25) is 0 Å². The van der Waals surface area contributed by atoms with Crippen LogP contribution in [-0.4, -0.2) is 24.1 Å². The fraction of sp³-hybridized carbons (Fsp3) is 0. The molecule has 10 heteroatoms. The lowest BCUT2D eigenvalue weighted by molar-refractivity contribution is 1.08. The number of benzene rings is 20. The van der Waals surface area contributed by atoms with Gasteiger partial charge in [-0.2, -0.15) is 0 Å². The van der Waals surface area contributed by atoms with Gasteiger partial charge in [-0.15, -0.1) is 58.0 Å². The van der Waals surface area contributed by atoms with Crippen LogP contribution in [0.3, 0.4) is 0 Å². The van der Waals surface area contributed by atoms with E-state index in [2.05, 4.69) is 397 Å². The third-order valence-electron chi connectivity index (χ3n) is 26.3. The van der Waals surface area contributed by atoms with Crippen molar-refractivity contribution in [2.24, 2.45) is 0 Å². The van der Waals surface area contributed by atoms with Gasteiger partial charge in [-0.25, -0.2) is 15.0 Å². The van der Waals surface area contributed by atoms with Crippen LogP contribution in [0.5, 0.6) is 0 Å². The van der Waals surface area contributed by atoms with Crippen LogP contribution in [0.2, 0.25) is 0 Å². The minimum absolute atomic E-state index is 0.608. The lowest BCUT2D eigenvalue weighted by atomic mass is 9.90. The average molecular weight is 1700 g/mol. The first-order valence-electron chi connectivity index (χ1n) is 42.9. The molecule has 7 heterocycles. The summed E-state index contributed by atoms with van der Waals surface area (Å²) in [7, 11) is 0. The maximum Gasteiger partial charge on any atom is 0.165 e. The van der Waals surface area contributed by atoms with Gasteiger partial charge in [-0.05, 0) is 214 Å². The first-order valence-corrected chi connectivity index (χ1v) is 46.6. The van der Waals surface area contributed by atoms with Crippen molar-refractivity contribution in [3.8, 4) is 112 Å². The molecule has 7 aromatic heterocycles. The van der Waals surface area contributed by atoms with E-state index in [0.29, 0.717) is 17.5 Å². The molecule has 590 valence electrons. The average Bonchev–Trinajstić information content (AvgIpc) is 1.58. The summed E-state index contributed by atoms with van der Waals surface area (Å²) in [6.45, 7) is 0. The van der Waals surface area contributed by atoms with Crippen molar-refractivity contribution < 1.29 is 0 Å². The van der Waals surface area contributed by atoms with E-state index in [1.807, 2.05) is 34.8 Å². The van der Waals surface area contributed by atoms with Crippen molar-refractivity contribution in [1.82, 2.24) is 24.1 Å². The van der Waals surface area contributed by atoms with E-state index in [1.54, 1.807) is 22.7 Å². The Kier molecular flexibility index (Phi) is 16.3. The molecule has 127 heavy (non-hydrogen) atoms. The monoisotopic (exact) mass is 1700 g/mol. The van der Waals surface area contributed by atoms with Gasteiger partial charge in [0, 0.05) is 135 Å². The lowest BCUT2D eigenvalue weighted by Crippen LogP contribution is -2.00. The van der Waals surface area contributed by atoms with Gasteiger partial charge < -0.3 is 9.13 Å². The number of hydrogen-bond acceptors (Lipinski definition) is 8. The van der Waals surface area contributed by atoms with Gasteiger partial charge in [0.15, 0.2) is 17.5 Å². The summed E-state index contributed by atoms with van der Waals surface area (Å²) in [5.74, 6) is 1.87. The smallest absolute Gasteiger partial charge is 0.165 e. The molecular weight excluding hydrogens is 1640 g/mol. The molecule has 27 rings (SSSR count). The van der Waals surface area contributed by atoms with Gasteiger partial charge in [0.1, 0.15) is 0 Å². The Balaban J connectivity index is 0.600. The quantitative estimate of drug-likeness (QED) is 0.104. The number of thiophene rings is 4. The van der Waals surface area contributed by atoms with Crippen LogP contribution in [-0.2, 0) is 0 Å². The van der Waals surface area contributed by atoms with Crippen molar-refractivity contribution in [2.75, 3.05) is 0 Å². The Morgan fingerprint density at radius 2 is 0.559 bits per heavy atom. The summed E-state index contributed by atoms with van der Waals surface area (Å²) in [4.78, 5) is 17.2. The summed E-state index contributed by atoms with van der Waals surface area (Å²) in [5, 5.41) is 22.3. The normalized spacial score (nSPS) is 12.1. The molecule has 27 aromatic rings. The molecule has 20 aromatic carbocycles. The number of fused-ring (bicyclic) bond motifs is 24. The second-order valence-electron chi connectivity index (χ2n) is 33.2. The number of thiol groups is 1. The van der Waals surface area contributed by atoms with Crippen LogP contribution in [0, 0.1) is 0 Å². The summed E-state index contributed by atoms with van der Waals surface area (Å²) >= 11 is 12.3. The highest BCUT2D eigenvalue weighted by Gasteiger charge is 2.27. The lowest BCUT2D eigenvalue weighted by Gasteiger charge is -2.16. The standard InChI is InChI=1S/C117H67N5S5/c123-104-47-13-7-27-77(104)71-24-18-26-73(60-71)115-118-116(95-42-20-40-91-87-34-9-15-49-106(87)125-112(91)95)120-117(119-115)96-43-21-41-92-99-65-70(53-58-108(99)126-113(92)96)69-52-57-102-98(64-69)85-32-5-11-44-100(85)121(102)75-61-74(78-37-19-39-90-86-33-8-14-48-105(86)124-111(78)90)62-76(66-75)122-101-45-12-6-35-93(101)109-88(38-22-46-103(109)122)89-56-55-79(114-110(89)94-36-10-16-50-107(94)127-114)72-25-17-23-67(59-72)68-51-54-84-82-30-2-1-28-80(82)81-29-3-4-31-83(81)97(84)63-68/h1-66,123H. The van der Waals surface area contributed by atoms with Gasteiger partial charge in [-0.1, -0.05) is 285 Å². The topological polar surface area (TPSA) is 48.5 Å². The Morgan fingerprint density at radius 3 is 1.23 bits per heavy atom. The molecule has 0 aliphatic carbocycles. The maximum absolute atomic E-state index is 5.49. The molecule has 0 saturated carbocycles. The third-order valence-corrected chi connectivity index (χ3v) is 31.5. The van der Waals surface area contributed by atoms with E-state index in [-0.39, 0.29) is 0 Å². The number of aromatic nitrogens is 5. The zero-order valence-electron chi connectivity index (χ0n) is 67.9. The largest absolute Gasteiger partial charge is 0.309 e. The number of hydrogen-bond donors (Lipinski definition) is 1. The third kappa shape index (κ3) is 11.3. The fourth-order valence-electron chi connectivity index (χ4n) is 20.5. The van der Waals surface area contributed by atoms with E-state index in [4.69, 9.17) is 27.6 Å². The van der Waals surface area contributed by atoms with Gasteiger partial charge in [0.2, 0.25) is 0 Å². The predicted molar refractivity (Wildman–Crippen MR) is 549 cm³/mol. The van der Waals surface area contributed by atoms with E-state index in [9.17, 15) is 0 Å². The molecule has 0 atom stereocenters. The van der Waals surface area contributed by atoms with Crippen molar-refractivity contribution in [3.05, 3.63) is 400 Å². The Hall–Kier alpha value is -15.0. The highest BCUT2D eigenvalue weighted by Crippen LogP contribution is 2.52. The van der Waals surface area contributed by atoms with Crippen molar-refractivity contribution in [1.29, 1.82) is 0 Å².